The van der Waals surface area contributed by atoms with Gasteiger partial charge in [0.25, 0.3) is 0 Å². The summed E-state index contributed by atoms with van der Waals surface area (Å²) in [7, 11) is 0. The average Bonchev–Trinajstić information content (AvgIpc) is 2.45. The van der Waals surface area contributed by atoms with Crippen molar-refractivity contribution in [2.24, 2.45) is 0 Å². The van der Waals surface area contributed by atoms with Crippen molar-refractivity contribution < 1.29 is 19.8 Å². The Morgan fingerprint density at radius 2 is 1.71 bits per heavy atom. The van der Waals surface area contributed by atoms with Gasteiger partial charge in [0.05, 0.1) is 11.3 Å². The third kappa shape index (κ3) is 3.52. The van der Waals surface area contributed by atoms with Crippen molar-refractivity contribution in [3.05, 3.63) is 64.7 Å². The van der Waals surface area contributed by atoms with Crippen LogP contribution in [0.25, 0.3) is 0 Å². The Kier molecular flexibility index (Phi) is 4.45. The molecular formula is C15H12ClNO4. The molecule has 6 heteroatoms. The van der Waals surface area contributed by atoms with Crippen LogP contribution in [0.1, 0.15) is 22.0 Å². The summed E-state index contributed by atoms with van der Waals surface area (Å²) < 4.78 is 0. The van der Waals surface area contributed by atoms with Gasteiger partial charge in [0.2, 0.25) is 0 Å². The van der Waals surface area contributed by atoms with E-state index >= 15 is 0 Å². The van der Waals surface area contributed by atoms with Gasteiger partial charge in [0.1, 0.15) is 0 Å². The maximum Gasteiger partial charge on any atom is 0.337 e. The number of hydrogen-bond donors (Lipinski definition) is 3. The molecule has 0 aliphatic rings. The van der Waals surface area contributed by atoms with Gasteiger partial charge in [0.15, 0.2) is 6.04 Å². The largest absolute Gasteiger partial charge is 0.479 e. The third-order valence-corrected chi connectivity index (χ3v) is 3.13. The van der Waals surface area contributed by atoms with Crippen LogP contribution in [0.4, 0.5) is 5.69 Å². The number of nitrogens with one attached hydrogen (secondary N) is 1. The first-order valence-corrected chi connectivity index (χ1v) is 6.44. The summed E-state index contributed by atoms with van der Waals surface area (Å²) in [5.41, 5.74) is 0.633. The highest BCUT2D eigenvalue weighted by molar-refractivity contribution is 6.31. The molecule has 108 valence electrons. The van der Waals surface area contributed by atoms with E-state index in [4.69, 9.17) is 16.7 Å². The zero-order valence-electron chi connectivity index (χ0n) is 10.8. The lowest BCUT2D eigenvalue weighted by Crippen LogP contribution is -2.21. The lowest BCUT2D eigenvalue weighted by molar-refractivity contribution is -0.138. The van der Waals surface area contributed by atoms with Crippen LogP contribution in [-0.4, -0.2) is 22.2 Å². The van der Waals surface area contributed by atoms with Crippen LogP contribution in [0.5, 0.6) is 0 Å². The molecule has 0 aromatic heterocycles. The van der Waals surface area contributed by atoms with E-state index in [1.54, 1.807) is 30.3 Å². The van der Waals surface area contributed by atoms with Crippen LogP contribution in [-0.2, 0) is 4.79 Å². The fourth-order valence-electron chi connectivity index (χ4n) is 1.91. The Balaban J connectivity index is 2.40. The van der Waals surface area contributed by atoms with Crippen LogP contribution in [0, 0.1) is 0 Å². The van der Waals surface area contributed by atoms with Crippen LogP contribution >= 0.6 is 11.6 Å². The standard InChI is InChI=1S/C15H12ClNO4/c16-10-6-7-11(14(18)19)12(8-10)17-13(15(20)21)9-4-2-1-3-5-9/h1-8,13,17H,(H,18,19)(H,20,21). The molecule has 0 aliphatic heterocycles. The summed E-state index contributed by atoms with van der Waals surface area (Å²) in [6.07, 6.45) is 0. The lowest BCUT2D eigenvalue weighted by Gasteiger charge is -2.18. The van der Waals surface area contributed by atoms with Crippen LogP contribution in [0.15, 0.2) is 48.5 Å². The highest BCUT2D eigenvalue weighted by Gasteiger charge is 2.22. The molecule has 1 atom stereocenters. The Labute approximate surface area is 125 Å². The second kappa shape index (κ2) is 6.28. The van der Waals surface area contributed by atoms with Crippen molar-refractivity contribution in [2.45, 2.75) is 6.04 Å². The van der Waals surface area contributed by atoms with Crippen molar-refractivity contribution in [3.63, 3.8) is 0 Å². The van der Waals surface area contributed by atoms with Crippen molar-refractivity contribution in [1.29, 1.82) is 0 Å². The molecule has 0 fully saturated rings. The number of anilines is 1. The fraction of sp³-hybridized carbons (Fsp3) is 0.0667. The van der Waals surface area contributed by atoms with E-state index in [-0.39, 0.29) is 11.3 Å². The quantitative estimate of drug-likeness (QED) is 0.789. The van der Waals surface area contributed by atoms with Crippen LogP contribution in [0.2, 0.25) is 5.02 Å². The van der Waals surface area contributed by atoms with Gasteiger partial charge in [0, 0.05) is 5.02 Å². The Morgan fingerprint density at radius 3 is 2.29 bits per heavy atom. The maximum atomic E-state index is 11.4. The number of carboxylic acids is 2. The second-order valence-corrected chi connectivity index (χ2v) is 4.76. The summed E-state index contributed by atoms with van der Waals surface area (Å²) in [5.74, 6) is -2.27. The first kappa shape index (κ1) is 14.9. The van der Waals surface area contributed by atoms with E-state index < -0.39 is 18.0 Å². The van der Waals surface area contributed by atoms with Gasteiger partial charge in [-0.3, -0.25) is 0 Å². The van der Waals surface area contributed by atoms with E-state index in [9.17, 15) is 14.7 Å². The van der Waals surface area contributed by atoms with E-state index in [1.807, 2.05) is 0 Å². The number of benzene rings is 2. The minimum absolute atomic E-state index is 0.0402. The number of rotatable bonds is 5. The van der Waals surface area contributed by atoms with Gasteiger partial charge in [-0.1, -0.05) is 41.9 Å². The molecule has 2 rings (SSSR count). The van der Waals surface area contributed by atoms with Gasteiger partial charge < -0.3 is 15.5 Å². The van der Waals surface area contributed by atoms with Gasteiger partial charge >= 0.3 is 11.9 Å². The Bertz CT molecular complexity index is 673. The van der Waals surface area contributed by atoms with Gasteiger partial charge in [-0.15, -0.1) is 0 Å². The first-order chi connectivity index (χ1) is 9.99. The van der Waals surface area contributed by atoms with E-state index in [0.717, 1.165) is 0 Å². The summed E-state index contributed by atoms with van der Waals surface area (Å²) in [6.45, 7) is 0. The van der Waals surface area contributed by atoms with Crippen LogP contribution in [0.3, 0.4) is 0 Å². The average molecular weight is 306 g/mol. The SMILES string of the molecule is O=C(O)c1ccc(Cl)cc1NC(C(=O)O)c1ccccc1. The monoisotopic (exact) mass is 305 g/mol. The number of carbonyl (C=O) groups is 2. The number of hydrogen-bond acceptors (Lipinski definition) is 3. The van der Waals surface area contributed by atoms with Crippen molar-refractivity contribution >= 4 is 29.2 Å². The van der Waals surface area contributed by atoms with Crippen LogP contribution < -0.4 is 5.32 Å². The lowest BCUT2D eigenvalue weighted by atomic mass is 10.1. The second-order valence-electron chi connectivity index (χ2n) is 4.32. The van der Waals surface area contributed by atoms with Crippen molar-refractivity contribution in [3.8, 4) is 0 Å². The normalized spacial score (nSPS) is 11.7. The molecule has 0 saturated heterocycles. The Morgan fingerprint density at radius 1 is 1.05 bits per heavy atom. The summed E-state index contributed by atoms with van der Waals surface area (Å²) >= 11 is 5.85. The van der Waals surface area contributed by atoms with Gasteiger partial charge in [-0.25, -0.2) is 9.59 Å². The van der Waals surface area contributed by atoms with E-state index in [0.29, 0.717) is 10.6 Å². The molecule has 21 heavy (non-hydrogen) atoms. The number of aromatic carboxylic acids is 1. The predicted octanol–water partition coefficient (Wildman–Crippen LogP) is 3.28. The minimum Gasteiger partial charge on any atom is -0.479 e. The number of carboxylic acid groups (broad SMARTS) is 2. The van der Waals surface area contributed by atoms with E-state index in [2.05, 4.69) is 5.32 Å². The molecule has 2 aromatic carbocycles. The predicted molar refractivity (Wildman–Crippen MR) is 78.9 cm³/mol. The highest BCUT2D eigenvalue weighted by atomic mass is 35.5. The molecule has 3 N–H and O–H groups in total. The summed E-state index contributed by atoms with van der Waals surface area (Å²) in [4.78, 5) is 22.6. The molecule has 1 unspecified atom stereocenters. The first-order valence-electron chi connectivity index (χ1n) is 6.06. The molecule has 5 nitrogen and oxygen atoms in total. The number of aliphatic carboxylic acids is 1. The van der Waals surface area contributed by atoms with Gasteiger partial charge in [-0.2, -0.15) is 0 Å². The van der Waals surface area contributed by atoms with Crippen molar-refractivity contribution in [1.82, 2.24) is 0 Å². The zero-order valence-corrected chi connectivity index (χ0v) is 11.5. The molecule has 0 saturated carbocycles. The maximum absolute atomic E-state index is 11.4. The zero-order chi connectivity index (χ0) is 15.4. The Hall–Kier alpha value is -2.53. The molecule has 0 radical (unpaired) electrons. The fourth-order valence-corrected chi connectivity index (χ4v) is 2.08. The van der Waals surface area contributed by atoms with Crippen molar-refractivity contribution in [2.75, 3.05) is 5.32 Å². The number of halogens is 1. The molecule has 0 spiro atoms. The molecule has 2 aromatic rings. The highest BCUT2D eigenvalue weighted by Crippen LogP contribution is 2.26. The summed E-state index contributed by atoms with van der Waals surface area (Å²) in [5, 5.41) is 21.5. The third-order valence-electron chi connectivity index (χ3n) is 2.89. The topological polar surface area (TPSA) is 86.6 Å². The minimum atomic E-state index is -1.16. The van der Waals surface area contributed by atoms with E-state index in [1.165, 1.54) is 18.2 Å². The molecular weight excluding hydrogens is 294 g/mol. The smallest absolute Gasteiger partial charge is 0.337 e. The molecule has 0 heterocycles. The molecule has 0 bridgehead atoms. The molecule has 0 aliphatic carbocycles. The summed E-state index contributed by atoms with van der Waals surface area (Å²) in [6, 6.07) is 11.6. The van der Waals surface area contributed by atoms with Gasteiger partial charge in [-0.05, 0) is 23.8 Å². The molecule has 0 amide bonds.